The first kappa shape index (κ1) is 15.5. The molecule has 0 fully saturated rings. The van der Waals surface area contributed by atoms with Crippen molar-refractivity contribution in [1.29, 1.82) is 0 Å². The topological polar surface area (TPSA) is 37.3 Å². The maximum atomic E-state index is 11.7. The Morgan fingerprint density at radius 1 is 0.957 bits per heavy atom. The van der Waals surface area contributed by atoms with Crippen LogP contribution in [-0.4, -0.2) is 11.1 Å². The van der Waals surface area contributed by atoms with Gasteiger partial charge in [0.2, 0.25) is 0 Å². The molecule has 0 bridgehead atoms. The lowest BCUT2D eigenvalue weighted by Crippen LogP contribution is -2.01. The monoisotopic (exact) mass is 306 g/mol. The molecule has 0 aromatic heterocycles. The maximum Gasteiger partial charge on any atom is 0.336 e. The van der Waals surface area contributed by atoms with Crippen LogP contribution in [0.4, 0.5) is 0 Å². The van der Waals surface area contributed by atoms with E-state index in [1.807, 2.05) is 24.3 Å². The SMILES string of the molecule is CCCCCCc1c2ccccc2cc2cccc(C(=O)O)c12. The summed E-state index contributed by atoms with van der Waals surface area (Å²) in [7, 11) is 0. The minimum atomic E-state index is -0.847. The predicted molar refractivity (Wildman–Crippen MR) is 96.3 cm³/mol. The standard InChI is InChI=1S/C21H22O2/c1-2-3-4-5-12-18-17-11-7-6-9-15(17)14-16-10-8-13-19(20(16)18)21(22)23/h6-11,13-14H,2-5,12H2,1H3,(H,22,23). The lowest BCUT2D eigenvalue weighted by atomic mass is 9.90. The van der Waals surface area contributed by atoms with Gasteiger partial charge in [-0.15, -0.1) is 0 Å². The minimum absolute atomic E-state index is 0.416. The van der Waals surface area contributed by atoms with Gasteiger partial charge in [-0.25, -0.2) is 4.79 Å². The van der Waals surface area contributed by atoms with Crippen LogP contribution in [0.1, 0.15) is 48.5 Å². The van der Waals surface area contributed by atoms with E-state index in [1.165, 1.54) is 35.6 Å². The van der Waals surface area contributed by atoms with Crippen molar-refractivity contribution in [2.75, 3.05) is 0 Å². The summed E-state index contributed by atoms with van der Waals surface area (Å²) in [6.45, 7) is 2.20. The van der Waals surface area contributed by atoms with Crippen LogP contribution >= 0.6 is 0 Å². The van der Waals surface area contributed by atoms with E-state index < -0.39 is 5.97 Å². The van der Waals surface area contributed by atoms with E-state index in [9.17, 15) is 9.90 Å². The quantitative estimate of drug-likeness (QED) is 0.460. The van der Waals surface area contributed by atoms with Crippen LogP contribution < -0.4 is 0 Å². The molecule has 23 heavy (non-hydrogen) atoms. The van der Waals surface area contributed by atoms with E-state index >= 15 is 0 Å². The molecule has 3 aromatic rings. The van der Waals surface area contributed by atoms with Gasteiger partial charge in [-0.2, -0.15) is 0 Å². The molecule has 118 valence electrons. The molecule has 0 amide bonds. The molecule has 2 nitrogen and oxygen atoms in total. The van der Waals surface area contributed by atoms with Crippen molar-refractivity contribution in [3.8, 4) is 0 Å². The molecule has 0 atom stereocenters. The first-order chi connectivity index (χ1) is 11.2. The summed E-state index contributed by atoms with van der Waals surface area (Å²) < 4.78 is 0. The van der Waals surface area contributed by atoms with Gasteiger partial charge in [0.1, 0.15) is 0 Å². The number of carbonyl (C=O) groups is 1. The number of carboxylic acids is 1. The van der Waals surface area contributed by atoms with Crippen molar-refractivity contribution in [3.05, 3.63) is 59.7 Å². The van der Waals surface area contributed by atoms with E-state index in [2.05, 4.69) is 25.1 Å². The molecule has 0 saturated heterocycles. The molecule has 1 N–H and O–H groups in total. The van der Waals surface area contributed by atoms with Crippen molar-refractivity contribution in [3.63, 3.8) is 0 Å². The number of aromatic carboxylic acids is 1. The smallest absolute Gasteiger partial charge is 0.336 e. The molecule has 3 aromatic carbocycles. The lowest BCUT2D eigenvalue weighted by Gasteiger charge is -2.13. The van der Waals surface area contributed by atoms with Gasteiger partial charge in [0, 0.05) is 0 Å². The molecule has 0 radical (unpaired) electrons. The summed E-state index contributed by atoms with van der Waals surface area (Å²) in [4.78, 5) is 11.7. The van der Waals surface area contributed by atoms with Gasteiger partial charge >= 0.3 is 5.97 Å². The Morgan fingerprint density at radius 2 is 1.74 bits per heavy atom. The molecule has 3 rings (SSSR count). The second-order valence-corrected chi connectivity index (χ2v) is 6.10. The van der Waals surface area contributed by atoms with Gasteiger partial charge in [0.15, 0.2) is 0 Å². The predicted octanol–water partition coefficient (Wildman–Crippen LogP) is 5.81. The fourth-order valence-electron chi connectivity index (χ4n) is 3.39. The third kappa shape index (κ3) is 3.07. The second kappa shape index (κ2) is 6.82. The van der Waals surface area contributed by atoms with Crippen LogP contribution in [0.25, 0.3) is 21.5 Å². The van der Waals surface area contributed by atoms with Crippen molar-refractivity contribution in [2.24, 2.45) is 0 Å². The van der Waals surface area contributed by atoms with Gasteiger partial charge in [-0.1, -0.05) is 62.6 Å². The zero-order chi connectivity index (χ0) is 16.2. The van der Waals surface area contributed by atoms with Gasteiger partial charge in [0.25, 0.3) is 0 Å². The molecule has 2 heteroatoms. The average Bonchev–Trinajstić information content (AvgIpc) is 2.57. The van der Waals surface area contributed by atoms with E-state index in [0.717, 1.165) is 23.6 Å². The largest absolute Gasteiger partial charge is 0.478 e. The first-order valence-corrected chi connectivity index (χ1v) is 8.39. The highest BCUT2D eigenvalue weighted by Gasteiger charge is 2.14. The first-order valence-electron chi connectivity index (χ1n) is 8.39. The van der Waals surface area contributed by atoms with Gasteiger partial charge in [-0.3, -0.25) is 0 Å². The number of rotatable bonds is 6. The molecule has 0 spiro atoms. The van der Waals surface area contributed by atoms with Crippen LogP contribution in [0.2, 0.25) is 0 Å². The van der Waals surface area contributed by atoms with Crippen LogP contribution in [0.15, 0.2) is 48.5 Å². The Labute approximate surface area is 136 Å². The third-order valence-corrected chi connectivity index (χ3v) is 4.51. The molecular formula is C21H22O2. The Morgan fingerprint density at radius 3 is 2.52 bits per heavy atom. The molecule has 0 unspecified atom stereocenters. The zero-order valence-electron chi connectivity index (χ0n) is 13.5. The van der Waals surface area contributed by atoms with Crippen molar-refractivity contribution < 1.29 is 9.90 Å². The molecular weight excluding hydrogens is 284 g/mol. The molecule has 0 saturated carbocycles. The Hall–Kier alpha value is -2.35. The van der Waals surface area contributed by atoms with Gasteiger partial charge in [-0.05, 0) is 52.1 Å². The molecule has 0 aliphatic heterocycles. The maximum absolute atomic E-state index is 11.7. The highest BCUT2D eigenvalue weighted by molar-refractivity contribution is 6.11. The number of unbranched alkanes of at least 4 members (excludes halogenated alkanes) is 3. The van der Waals surface area contributed by atoms with E-state index in [4.69, 9.17) is 0 Å². The van der Waals surface area contributed by atoms with Gasteiger partial charge in [0.05, 0.1) is 5.56 Å². The molecule has 0 aliphatic rings. The third-order valence-electron chi connectivity index (χ3n) is 4.51. The number of carboxylic acid groups (broad SMARTS) is 1. The highest BCUT2D eigenvalue weighted by Crippen LogP contribution is 2.32. The second-order valence-electron chi connectivity index (χ2n) is 6.10. The Kier molecular flexibility index (Phi) is 4.61. The van der Waals surface area contributed by atoms with Crippen LogP contribution in [0, 0.1) is 0 Å². The van der Waals surface area contributed by atoms with Crippen LogP contribution in [0.3, 0.4) is 0 Å². The fourth-order valence-corrected chi connectivity index (χ4v) is 3.39. The van der Waals surface area contributed by atoms with Crippen LogP contribution in [0.5, 0.6) is 0 Å². The summed E-state index contributed by atoms with van der Waals surface area (Å²) in [6, 6.07) is 16.0. The summed E-state index contributed by atoms with van der Waals surface area (Å²) in [5, 5.41) is 13.9. The number of hydrogen-bond acceptors (Lipinski definition) is 1. The normalized spacial score (nSPS) is 11.2. The fraction of sp³-hybridized carbons (Fsp3) is 0.286. The number of benzene rings is 3. The van der Waals surface area contributed by atoms with E-state index in [0.29, 0.717) is 5.56 Å². The molecule has 0 aliphatic carbocycles. The number of fused-ring (bicyclic) bond motifs is 2. The summed E-state index contributed by atoms with van der Waals surface area (Å²) >= 11 is 0. The van der Waals surface area contributed by atoms with E-state index in [1.54, 1.807) is 6.07 Å². The highest BCUT2D eigenvalue weighted by atomic mass is 16.4. The van der Waals surface area contributed by atoms with Gasteiger partial charge < -0.3 is 5.11 Å². The minimum Gasteiger partial charge on any atom is -0.478 e. The number of aryl methyl sites for hydroxylation is 1. The Balaban J connectivity index is 2.22. The lowest BCUT2D eigenvalue weighted by molar-refractivity contribution is 0.0699. The van der Waals surface area contributed by atoms with Crippen molar-refractivity contribution >= 4 is 27.5 Å². The van der Waals surface area contributed by atoms with Crippen LogP contribution in [-0.2, 0) is 6.42 Å². The summed E-state index contributed by atoms with van der Waals surface area (Å²) in [5.74, 6) is -0.847. The molecule has 0 heterocycles. The average molecular weight is 306 g/mol. The summed E-state index contributed by atoms with van der Waals surface area (Å²) in [5.41, 5.74) is 1.60. The number of hydrogen-bond donors (Lipinski definition) is 1. The van der Waals surface area contributed by atoms with Crippen molar-refractivity contribution in [2.45, 2.75) is 39.0 Å². The Bertz CT molecular complexity index is 849. The zero-order valence-corrected chi connectivity index (χ0v) is 13.5. The van der Waals surface area contributed by atoms with Crippen molar-refractivity contribution in [1.82, 2.24) is 0 Å². The van der Waals surface area contributed by atoms with E-state index in [-0.39, 0.29) is 0 Å². The summed E-state index contributed by atoms with van der Waals surface area (Å²) in [6.07, 6.45) is 5.66.